The summed E-state index contributed by atoms with van der Waals surface area (Å²) in [6, 6.07) is 5.59. The highest BCUT2D eigenvalue weighted by atomic mass is 16.4. The maximum absolute atomic E-state index is 12.2. The number of ketones is 2. The van der Waals surface area contributed by atoms with Crippen LogP contribution in [0.15, 0.2) is 33.5 Å². The van der Waals surface area contributed by atoms with Gasteiger partial charge in [-0.1, -0.05) is 12.1 Å². The number of phenolic OH excluding ortho intramolecular Hbond substituents is 1. The Balaban J connectivity index is 2.39. The summed E-state index contributed by atoms with van der Waals surface area (Å²) in [5, 5.41) is 9.70. The highest BCUT2D eigenvalue weighted by Gasteiger charge is 2.34. The molecule has 1 aromatic heterocycles. The fourth-order valence-corrected chi connectivity index (χ4v) is 2.13. The average molecular weight is 256 g/mol. The van der Waals surface area contributed by atoms with E-state index in [-0.39, 0.29) is 33.8 Å². The summed E-state index contributed by atoms with van der Waals surface area (Å²) in [4.78, 5) is 35.9. The van der Waals surface area contributed by atoms with Gasteiger partial charge in [0.05, 0.1) is 11.1 Å². The lowest BCUT2D eigenvalue weighted by molar-refractivity contribution is 0.0950. The highest BCUT2D eigenvalue weighted by molar-refractivity contribution is 6.28. The molecular weight excluding hydrogens is 248 g/mol. The zero-order chi connectivity index (χ0) is 13.7. The summed E-state index contributed by atoms with van der Waals surface area (Å²) in [7, 11) is 0. The molecule has 1 aromatic carbocycles. The normalized spacial score (nSPS) is 13.1. The van der Waals surface area contributed by atoms with Gasteiger partial charge in [0.25, 0.3) is 0 Å². The Kier molecular flexibility index (Phi) is 2.19. The van der Waals surface area contributed by atoms with Crippen LogP contribution in [0.1, 0.15) is 37.6 Å². The number of carbonyl (C=O) groups excluding carboxylic acids is 2. The first-order chi connectivity index (χ1) is 9.00. The number of phenols is 1. The van der Waals surface area contributed by atoms with Gasteiger partial charge in [0.1, 0.15) is 5.75 Å². The Labute approximate surface area is 107 Å². The standard InChI is InChI=1S/C14H8O5/c1-6-5-8-11(16)7-3-2-4-9(15)10(7)12(17)13(8)19-14(6)18/h2-5,15H,1H3. The molecule has 1 N–H and O–H groups in total. The molecule has 1 aliphatic carbocycles. The van der Waals surface area contributed by atoms with Gasteiger partial charge < -0.3 is 9.52 Å². The Morgan fingerprint density at radius 1 is 1.05 bits per heavy atom. The van der Waals surface area contributed by atoms with Crippen molar-refractivity contribution in [3.8, 4) is 5.75 Å². The maximum Gasteiger partial charge on any atom is 0.339 e. The molecule has 2 aromatic rings. The van der Waals surface area contributed by atoms with Crippen LogP contribution in [0.2, 0.25) is 0 Å². The zero-order valence-electron chi connectivity index (χ0n) is 9.89. The Hall–Kier alpha value is -2.69. The summed E-state index contributed by atoms with van der Waals surface area (Å²) in [6.07, 6.45) is 0. The number of rotatable bonds is 0. The van der Waals surface area contributed by atoms with Crippen LogP contribution in [0, 0.1) is 6.92 Å². The summed E-state index contributed by atoms with van der Waals surface area (Å²) < 4.78 is 4.89. The first kappa shape index (κ1) is 11.4. The van der Waals surface area contributed by atoms with Gasteiger partial charge in [-0.05, 0) is 19.1 Å². The van der Waals surface area contributed by atoms with E-state index in [0.717, 1.165) is 0 Å². The maximum atomic E-state index is 12.2. The lowest BCUT2D eigenvalue weighted by Crippen LogP contribution is -2.24. The molecule has 3 rings (SSSR count). The van der Waals surface area contributed by atoms with E-state index in [1.165, 1.54) is 31.2 Å². The van der Waals surface area contributed by atoms with Crippen molar-refractivity contribution in [1.29, 1.82) is 0 Å². The molecule has 5 heteroatoms. The van der Waals surface area contributed by atoms with E-state index < -0.39 is 17.2 Å². The van der Waals surface area contributed by atoms with Gasteiger partial charge in [-0.2, -0.15) is 0 Å². The Bertz CT molecular complexity index is 798. The summed E-state index contributed by atoms with van der Waals surface area (Å²) >= 11 is 0. The van der Waals surface area contributed by atoms with Gasteiger partial charge in [-0.15, -0.1) is 0 Å². The van der Waals surface area contributed by atoms with E-state index in [0.29, 0.717) is 0 Å². The molecule has 1 aliphatic rings. The second-order valence-electron chi connectivity index (χ2n) is 4.32. The Morgan fingerprint density at radius 2 is 1.79 bits per heavy atom. The predicted octanol–water partition coefficient (Wildman–Crippen LogP) is 1.43. The third kappa shape index (κ3) is 1.45. The van der Waals surface area contributed by atoms with E-state index in [4.69, 9.17) is 4.42 Å². The lowest BCUT2D eigenvalue weighted by atomic mass is 9.87. The highest BCUT2D eigenvalue weighted by Crippen LogP contribution is 2.32. The average Bonchev–Trinajstić information content (AvgIpc) is 2.38. The van der Waals surface area contributed by atoms with Crippen molar-refractivity contribution in [1.82, 2.24) is 0 Å². The SMILES string of the molecule is Cc1cc2c(oc1=O)C(=O)c1c(O)cccc1C2=O. The zero-order valence-corrected chi connectivity index (χ0v) is 9.89. The van der Waals surface area contributed by atoms with E-state index >= 15 is 0 Å². The quantitative estimate of drug-likeness (QED) is 0.657. The fraction of sp³-hybridized carbons (Fsp3) is 0.0714. The Morgan fingerprint density at radius 3 is 2.53 bits per heavy atom. The smallest absolute Gasteiger partial charge is 0.339 e. The molecule has 0 amide bonds. The topological polar surface area (TPSA) is 84.6 Å². The molecule has 0 saturated carbocycles. The minimum absolute atomic E-state index is 0.0557. The van der Waals surface area contributed by atoms with Crippen molar-refractivity contribution in [3.63, 3.8) is 0 Å². The second-order valence-corrected chi connectivity index (χ2v) is 4.32. The van der Waals surface area contributed by atoms with E-state index in [9.17, 15) is 19.5 Å². The largest absolute Gasteiger partial charge is 0.507 e. The van der Waals surface area contributed by atoms with Crippen molar-refractivity contribution in [3.05, 3.63) is 62.7 Å². The molecule has 94 valence electrons. The number of hydrogen-bond acceptors (Lipinski definition) is 5. The van der Waals surface area contributed by atoms with Gasteiger partial charge in [0.15, 0.2) is 11.5 Å². The number of fused-ring (bicyclic) bond motifs is 2. The molecule has 1 heterocycles. The summed E-state index contributed by atoms with van der Waals surface area (Å²) in [5.74, 6) is -1.70. The third-order valence-electron chi connectivity index (χ3n) is 3.09. The number of benzene rings is 1. The van der Waals surface area contributed by atoms with Crippen molar-refractivity contribution in [2.45, 2.75) is 6.92 Å². The molecule has 0 unspecified atom stereocenters. The molecule has 0 aliphatic heterocycles. The third-order valence-corrected chi connectivity index (χ3v) is 3.09. The number of carbonyl (C=O) groups is 2. The number of aryl methyl sites for hydroxylation is 1. The molecule has 0 radical (unpaired) electrons. The van der Waals surface area contributed by atoms with Crippen LogP contribution in [0.5, 0.6) is 5.75 Å². The van der Waals surface area contributed by atoms with Crippen LogP contribution in [0.4, 0.5) is 0 Å². The van der Waals surface area contributed by atoms with Crippen LogP contribution in [0.25, 0.3) is 0 Å². The van der Waals surface area contributed by atoms with Crippen LogP contribution in [-0.2, 0) is 0 Å². The van der Waals surface area contributed by atoms with Gasteiger partial charge in [0.2, 0.25) is 5.78 Å². The van der Waals surface area contributed by atoms with E-state index in [1.807, 2.05) is 0 Å². The minimum atomic E-state index is -0.668. The molecule has 0 fully saturated rings. The van der Waals surface area contributed by atoms with E-state index in [2.05, 4.69) is 0 Å². The first-order valence-corrected chi connectivity index (χ1v) is 5.57. The molecule has 0 spiro atoms. The van der Waals surface area contributed by atoms with Crippen LogP contribution in [-0.4, -0.2) is 16.7 Å². The molecule has 5 nitrogen and oxygen atoms in total. The predicted molar refractivity (Wildman–Crippen MR) is 64.7 cm³/mol. The van der Waals surface area contributed by atoms with Crippen molar-refractivity contribution < 1.29 is 19.1 Å². The molecular formula is C14H8O5. The van der Waals surface area contributed by atoms with E-state index in [1.54, 1.807) is 0 Å². The monoisotopic (exact) mass is 256 g/mol. The van der Waals surface area contributed by atoms with Crippen molar-refractivity contribution >= 4 is 11.6 Å². The summed E-state index contributed by atoms with van der Waals surface area (Å²) in [5.41, 5.74) is -0.361. The fourth-order valence-electron chi connectivity index (χ4n) is 2.13. The van der Waals surface area contributed by atoms with Gasteiger partial charge in [-0.25, -0.2) is 4.79 Å². The lowest BCUT2D eigenvalue weighted by Gasteiger charge is -2.16. The van der Waals surface area contributed by atoms with Gasteiger partial charge >= 0.3 is 5.63 Å². The van der Waals surface area contributed by atoms with Gasteiger partial charge in [-0.3, -0.25) is 9.59 Å². The van der Waals surface area contributed by atoms with Crippen molar-refractivity contribution in [2.24, 2.45) is 0 Å². The van der Waals surface area contributed by atoms with Gasteiger partial charge in [0, 0.05) is 11.1 Å². The molecule has 19 heavy (non-hydrogen) atoms. The van der Waals surface area contributed by atoms with Crippen molar-refractivity contribution in [2.75, 3.05) is 0 Å². The first-order valence-electron chi connectivity index (χ1n) is 5.57. The summed E-state index contributed by atoms with van der Waals surface area (Å²) in [6.45, 7) is 1.50. The molecule has 0 atom stereocenters. The van der Waals surface area contributed by atoms with Crippen LogP contribution < -0.4 is 5.63 Å². The van der Waals surface area contributed by atoms with Crippen LogP contribution >= 0.6 is 0 Å². The molecule has 0 bridgehead atoms. The van der Waals surface area contributed by atoms with Crippen LogP contribution in [0.3, 0.4) is 0 Å². The second kappa shape index (κ2) is 3.65. The number of hydrogen-bond donors (Lipinski definition) is 1. The number of aromatic hydroxyl groups is 1. The minimum Gasteiger partial charge on any atom is -0.507 e. The molecule has 0 saturated heterocycles.